The van der Waals surface area contributed by atoms with Gasteiger partial charge in [0.05, 0.1) is 5.02 Å². The molecule has 1 N–H and O–H groups in total. The lowest BCUT2D eigenvalue weighted by molar-refractivity contribution is -0.107. The molecule has 0 radical (unpaired) electrons. The average Bonchev–Trinajstić information content (AvgIpc) is 2.18. The summed E-state index contributed by atoms with van der Waals surface area (Å²) in [7, 11) is 0. The number of phenolic OH excluding ortho intramolecular Hbond substituents is 1. The summed E-state index contributed by atoms with van der Waals surface area (Å²) in [4.78, 5) is 10.2. The molecular formula is C11H13ClO2. The molecule has 76 valence electrons. The monoisotopic (exact) mass is 212 g/mol. The topological polar surface area (TPSA) is 37.3 Å². The first-order valence-electron chi connectivity index (χ1n) is 4.49. The van der Waals surface area contributed by atoms with Crippen molar-refractivity contribution in [3.63, 3.8) is 0 Å². The number of hydrogen-bond acceptors (Lipinski definition) is 2. The van der Waals surface area contributed by atoms with E-state index in [1.165, 1.54) is 0 Å². The Kier molecular flexibility index (Phi) is 3.53. The molecule has 0 bridgehead atoms. The van der Waals surface area contributed by atoms with Gasteiger partial charge in [-0.2, -0.15) is 0 Å². The van der Waals surface area contributed by atoms with Crippen LogP contribution in [0.3, 0.4) is 0 Å². The summed E-state index contributed by atoms with van der Waals surface area (Å²) in [5.41, 5.74) is 2.66. The number of carbonyl (C=O) groups is 1. The number of aldehydes is 1. The maximum absolute atomic E-state index is 10.2. The van der Waals surface area contributed by atoms with E-state index in [9.17, 15) is 9.90 Å². The molecule has 0 atom stereocenters. The molecule has 14 heavy (non-hydrogen) atoms. The van der Waals surface area contributed by atoms with Crippen molar-refractivity contribution in [2.75, 3.05) is 0 Å². The zero-order valence-electron chi connectivity index (χ0n) is 8.30. The highest BCUT2D eigenvalue weighted by molar-refractivity contribution is 6.33. The first kappa shape index (κ1) is 11.1. The third-order valence-corrected chi connectivity index (χ3v) is 2.82. The molecule has 0 aliphatic rings. The summed E-state index contributed by atoms with van der Waals surface area (Å²) < 4.78 is 0. The van der Waals surface area contributed by atoms with Crippen LogP contribution in [0.5, 0.6) is 5.75 Å². The largest absolute Gasteiger partial charge is 0.506 e. The van der Waals surface area contributed by atoms with Crippen LogP contribution < -0.4 is 0 Å². The highest BCUT2D eigenvalue weighted by Crippen LogP contribution is 2.33. The van der Waals surface area contributed by atoms with Crippen molar-refractivity contribution in [2.24, 2.45) is 0 Å². The molecule has 0 fully saturated rings. The fraction of sp³-hybridized carbons (Fsp3) is 0.364. The minimum atomic E-state index is 0.108. The number of carbonyl (C=O) groups excluding carboxylic acids is 1. The SMILES string of the molecule is Cc1cc(CCC=O)c(O)c(Cl)c1C. The van der Waals surface area contributed by atoms with E-state index in [1.54, 1.807) is 0 Å². The minimum Gasteiger partial charge on any atom is -0.506 e. The van der Waals surface area contributed by atoms with Crippen LogP contribution in [0.2, 0.25) is 5.02 Å². The summed E-state index contributed by atoms with van der Waals surface area (Å²) in [6.45, 7) is 3.80. The molecule has 0 saturated carbocycles. The Morgan fingerprint density at radius 2 is 2.14 bits per heavy atom. The van der Waals surface area contributed by atoms with Crippen LogP contribution in [0.4, 0.5) is 0 Å². The first-order chi connectivity index (χ1) is 6.57. The van der Waals surface area contributed by atoms with E-state index in [4.69, 9.17) is 11.6 Å². The van der Waals surface area contributed by atoms with E-state index in [1.807, 2.05) is 19.9 Å². The van der Waals surface area contributed by atoms with E-state index < -0.39 is 0 Å². The smallest absolute Gasteiger partial charge is 0.137 e. The normalized spacial score (nSPS) is 10.2. The summed E-state index contributed by atoms with van der Waals surface area (Å²) in [6, 6.07) is 1.88. The molecule has 0 aromatic heterocycles. The van der Waals surface area contributed by atoms with Crippen LogP contribution in [-0.2, 0) is 11.2 Å². The van der Waals surface area contributed by atoms with Gasteiger partial charge in [0.15, 0.2) is 0 Å². The van der Waals surface area contributed by atoms with Gasteiger partial charge in [-0.05, 0) is 37.0 Å². The van der Waals surface area contributed by atoms with Crippen LogP contribution in [-0.4, -0.2) is 11.4 Å². The molecule has 0 unspecified atom stereocenters. The Balaban J connectivity index is 3.12. The van der Waals surface area contributed by atoms with Gasteiger partial charge in [0.2, 0.25) is 0 Å². The Morgan fingerprint density at radius 3 is 2.71 bits per heavy atom. The van der Waals surface area contributed by atoms with Gasteiger partial charge in [-0.3, -0.25) is 0 Å². The first-order valence-corrected chi connectivity index (χ1v) is 4.87. The third kappa shape index (κ3) is 2.07. The third-order valence-electron chi connectivity index (χ3n) is 2.36. The second kappa shape index (κ2) is 4.47. The van der Waals surface area contributed by atoms with Gasteiger partial charge in [-0.25, -0.2) is 0 Å². The van der Waals surface area contributed by atoms with E-state index in [0.717, 1.165) is 23.0 Å². The van der Waals surface area contributed by atoms with Crippen molar-refractivity contribution in [1.82, 2.24) is 0 Å². The molecule has 0 heterocycles. The Morgan fingerprint density at radius 1 is 1.50 bits per heavy atom. The molecule has 1 aromatic carbocycles. The summed E-state index contributed by atoms with van der Waals surface area (Å²) >= 11 is 5.93. The fourth-order valence-corrected chi connectivity index (χ4v) is 1.61. The summed E-state index contributed by atoms with van der Waals surface area (Å²) in [5, 5.41) is 10.1. The maximum atomic E-state index is 10.2. The molecular weight excluding hydrogens is 200 g/mol. The van der Waals surface area contributed by atoms with Gasteiger partial charge in [-0.15, -0.1) is 0 Å². The molecule has 0 aliphatic carbocycles. The predicted molar refractivity (Wildman–Crippen MR) is 57.0 cm³/mol. The van der Waals surface area contributed by atoms with E-state index >= 15 is 0 Å². The molecule has 1 aromatic rings. The van der Waals surface area contributed by atoms with Crippen LogP contribution in [0, 0.1) is 13.8 Å². The van der Waals surface area contributed by atoms with Crippen molar-refractivity contribution in [2.45, 2.75) is 26.7 Å². The predicted octanol–water partition coefficient (Wildman–Crippen LogP) is 2.79. The average molecular weight is 213 g/mol. The lowest BCUT2D eigenvalue weighted by Gasteiger charge is -2.10. The standard InChI is InChI=1S/C11H13ClO2/c1-7-6-9(4-3-5-13)11(14)10(12)8(7)2/h5-6,14H,3-4H2,1-2H3. The summed E-state index contributed by atoms with van der Waals surface area (Å²) in [6.07, 6.45) is 1.78. The van der Waals surface area contributed by atoms with Crippen molar-refractivity contribution >= 4 is 17.9 Å². The van der Waals surface area contributed by atoms with Crippen molar-refractivity contribution in [3.05, 3.63) is 27.8 Å². The van der Waals surface area contributed by atoms with Gasteiger partial charge in [0.25, 0.3) is 0 Å². The zero-order chi connectivity index (χ0) is 10.7. The molecule has 0 aliphatic heterocycles. The summed E-state index contributed by atoms with van der Waals surface area (Å²) in [5.74, 6) is 0.108. The van der Waals surface area contributed by atoms with Crippen molar-refractivity contribution in [1.29, 1.82) is 0 Å². The number of benzene rings is 1. The van der Waals surface area contributed by atoms with Gasteiger partial charge in [0.1, 0.15) is 12.0 Å². The molecule has 0 saturated heterocycles. The lowest BCUT2D eigenvalue weighted by Crippen LogP contribution is -1.92. The van der Waals surface area contributed by atoms with Crippen LogP contribution in [0.15, 0.2) is 6.07 Å². The number of aryl methyl sites for hydroxylation is 2. The number of aromatic hydroxyl groups is 1. The highest BCUT2D eigenvalue weighted by Gasteiger charge is 2.10. The van der Waals surface area contributed by atoms with Crippen molar-refractivity contribution < 1.29 is 9.90 Å². The molecule has 0 spiro atoms. The Bertz CT molecular complexity index is 359. The molecule has 0 amide bonds. The lowest BCUT2D eigenvalue weighted by atomic mass is 10.0. The number of halogens is 1. The minimum absolute atomic E-state index is 0.108. The van der Waals surface area contributed by atoms with E-state index in [-0.39, 0.29) is 5.75 Å². The second-order valence-electron chi connectivity index (χ2n) is 3.35. The molecule has 3 heteroatoms. The van der Waals surface area contributed by atoms with Gasteiger partial charge in [0, 0.05) is 6.42 Å². The maximum Gasteiger partial charge on any atom is 0.137 e. The van der Waals surface area contributed by atoms with Gasteiger partial charge in [-0.1, -0.05) is 17.7 Å². The second-order valence-corrected chi connectivity index (χ2v) is 3.72. The number of hydrogen-bond donors (Lipinski definition) is 1. The molecule has 2 nitrogen and oxygen atoms in total. The number of phenols is 1. The molecule has 1 rings (SSSR count). The van der Waals surface area contributed by atoms with Gasteiger partial charge >= 0.3 is 0 Å². The highest BCUT2D eigenvalue weighted by atomic mass is 35.5. The van der Waals surface area contributed by atoms with Crippen molar-refractivity contribution in [3.8, 4) is 5.75 Å². The zero-order valence-corrected chi connectivity index (χ0v) is 9.06. The Labute approximate surface area is 88.5 Å². The Hall–Kier alpha value is -1.02. The van der Waals surface area contributed by atoms with E-state index in [0.29, 0.717) is 17.9 Å². The van der Waals surface area contributed by atoms with Crippen LogP contribution in [0.25, 0.3) is 0 Å². The van der Waals surface area contributed by atoms with Crippen LogP contribution in [0.1, 0.15) is 23.1 Å². The fourth-order valence-electron chi connectivity index (χ4n) is 1.33. The van der Waals surface area contributed by atoms with Crippen LogP contribution >= 0.6 is 11.6 Å². The van der Waals surface area contributed by atoms with Gasteiger partial charge < -0.3 is 9.90 Å². The quantitative estimate of drug-likeness (QED) is 0.783. The van der Waals surface area contributed by atoms with E-state index in [2.05, 4.69) is 0 Å². The number of rotatable bonds is 3.